The third-order valence-corrected chi connectivity index (χ3v) is 15.4. The van der Waals surface area contributed by atoms with Gasteiger partial charge in [-0.25, -0.2) is 0 Å². The van der Waals surface area contributed by atoms with E-state index in [-0.39, 0.29) is 0 Å². The first-order valence-corrected chi connectivity index (χ1v) is 24.0. The van der Waals surface area contributed by atoms with Crippen molar-refractivity contribution in [2.75, 3.05) is 0 Å². The van der Waals surface area contributed by atoms with Crippen molar-refractivity contribution in [3.63, 3.8) is 0 Å². The Bertz CT molecular complexity index is 3890. The lowest BCUT2D eigenvalue weighted by Gasteiger charge is -2.25. The van der Waals surface area contributed by atoms with E-state index in [1.165, 1.54) is 154 Å². The molecule has 13 aromatic carbocycles. The topological polar surface area (TPSA) is 0 Å². The molecule has 68 heavy (non-hydrogen) atoms. The van der Waals surface area contributed by atoms with E-state index in [0.717, 1.165) is 12.8 Å². The van der Waals surface area contributed by atoms with E-state index in [4.69, 9.17) is 0 Å². The smallest absolute Gasteiger partial charge is 0.00132 e. The van der Waals surface area contributed by atoms with Crippen LogP contribution in [0.5, 0.6) is 0 Å². The normalized spacial score (nSPS) is 12.6. The van der Waals surface area contributed by atoms with Crippen LogP contribution in [0.15, 0.2) is 231 Å². The van der Waals surface area contributed by atoms with Crippen molar-refractivity contribution in [1.29, 1.82) is 0 Å². The average molecular weight is 859 g/mol. The Kier molecular flexibility index (Phi) is 8.00. The lowest BCUT2D eigenvalue weighted by atomic mass is 9.77. The number of benzene rings is 13. The van der Waals surface area contributed by atoms with Crippen LogP contribution in [-0.4, -0.2) is 0 Å². The molecule has 0 atom stereocenters. The molecular weight excluding hydrogens is 817 g/mol. The van der Waals surface area contributed by atoms with Crippen molar-refractivity contribution in [2.24, 2.45) is 0 Å². The van der Waals surface area contributed by atoms with Crippen molar-refractivity contribution in [2.45, 2.75) is 12.8 Å². The largest absolute Gasteiger partial charge is 0.0622 e. The summed E-state index contributed by atoms with van der Waals surface area (Å²) in [6.45, 7) is 0. The second-order valence-electron chi connectivity index (χ2n) is 18.9. The van der Waals surface area contributed by atoms with Gasteiger partial charge in [0, 0.05) is 0 Å². The van der Waals surface area contributed by atoms with Crippen molar-refractivity contribution in [3.8, 4) is 66.8 Å². The first-order chi connectivity index (χ1) is 33.8. The van der Waals surface area contributed by atoms with Crippen molar-refractivity contribution in [3.05, 3.63) is 253 Å². The highest BCUT2D eigenvalue weighted by atomic mass is 14.3. The summed E-state index contributed by atoms with van der Waals surface area (Å²) in [5.41, 5.74) is 21.2. The molecule has 0 spiro atoms. The standard InChI is InChI=1S/C68H42/c1-3-19-41(20-4-1)63-49-27-11-15-31-53(49)65(54-32-16-12-28-50(54)63)67-59-37-45-35-43-23-8-10-26-48(43)58(45)40-62(59)68(60-38-46-36-44-24-7-9-25-47(44)57(46)39-61(60)67)66-55-33-17-13-29-51(55)64(42-21-5-2-6-22-42)52-30-14-18-34-56(52)66/h1-34,37-40H,35-36H2. The third kappa shape index (κ3) is 5.32. The van der Waals surface area contributed by atoms with Crippen LogP contribution < -0.4 is 0 Å². The fourth-order valence-corrected chi connectivity index (χ4v) is 12.7. The quantitative estimate of drug-likeness (QED) is 0.155. The van der Waals surface area contributed by atoms with E-state index >= 15 is 0 Å². The second-order valence-corrected chi connectivity index (χ2v) is 18.9. The van der Waals surface area contributed by atoms with E-state index in [1.807, 2.05) is 0 Å². The molecule has 2 aliphatic rings. The lowest BCUT2D eigenvalue weighted by Crippen LogP contribution is -1.98. The van der Waals surface area contributed by atoms with Crippen molar-refractivity contribution >= 4 is 64.6 Å². The average Bonchev–Trinajstić information content (AvgIpc) is 3.96. The Labute approximate surface area is 395 Å². The third-order valence-electron chi connectivity index (χ3n) is 15.4. The van der Waals surface area contributed by atoms with Gasteiger partial charge in [0.2, 0.25) is 0 Å². The molecule has 0 unspecified atom stereocenters. The van der Waals surface area contributed by atoms with Crippen LogP contribution in [0.4, 0.5) is 0 Å². The van der Waals surface area contributed by atoms with E-state index in [9.17, 15) is 0 Å². The minimum absolute atomic E-state index is 0.915. The van der Waals surface area contributed by atoms with Gasteiger partial charge in [-0.05, 0) is 191 Å². The molecule has 0 radical (unpaired) electrons. The molecule has 0 fully saturated rings. The van der Waals surface area contributed by atoms with Crippen LogP contribution in [-0.2, 0) is 12.8 Å². The summed E-state index contributed by atoms with van der Waals surface area (Å²) in [4.78, 5) is 0. The Morgan fingerprint density at radius 2 is 0.441 bits per heavy atom. The summed E-state index contributed by atoms with van der Waals surface area (Å²) in [5, 5.41) is 15.3. The fraction of sp³-hybridized carbons (Fsp3) is 0.0294. The summed E-state index contributed by atoms with van der Waals surface area (Å²) < 4.78 is 0. The van der Waals surface area contributed by atoms with E-state index in [0.29, 0.717) is 0 Å². The Morgan fingerprint density at radius 3 is 0.794 bits per heavy atom. The van der Waals surface area contributed by atoms with Gasteiger partial charge in [-0.15, -0.1) is 0 Å². The molecule has 314 valence electrons. The number of fused-ring (bicyclic) bond motifs is 12. The lowest BCUT2D eigenvalue weighted by molar-refractivity contribution is 1.27. The van der Waals surface area contributed by atoms with Gasteiger partial charge in [0.25, 0.3) is 0 Å². The second kappa shape index (κ2) is 14.5. The van der Waals surface area contributed by atoms with Crippen LogP contribution in [0.2, 0.25) is 0 Å². The van der Waals surface area contributed by atoms with Crippen LogP contribution in [0.1, 0.15) is 22.3 Å². The minimum Gasteiger partial charge on any atom is -0.0622 e. The highest BCUT2D eigenvalue weighted by Gasteiger charge is 2.30. The molecule has 0 aliphatic heterocycles. The maximum absolute atomic E-state index is 2.60. The van der Waals surface area contributed by atoms with Crippen molar-refractivity contribution < 1.29 is 0 Å². The summed E-state index contributed by atoms with van der Waals surface area (Å²) in [6.07, 6.45) is 1.83. The van der Waals surface area contributed by atoms with Gasteiger partial charge in [0.1, 0.15) is 0 Å². The SMILES string of the molecule is c1ccc(-c2c3ccccc3c(-c3c4cc5c(cc4c(-c4c6ccccc6c(-c6ccccc6)c6ccccc46)c4cc6c(cc34)-c3ccccc3C6)-c3ccccc3C5)c3ccccc23)cc1. The molecule has 0 heterocycles. The molecule has 15 rings (SSSR count). The van der Waals surface area contributed by atoms with Gasteiger partial charge in [-0.2, -0.15) is 0 Å². The molecule has 0 nitrogen and oxygen atoms in total. The Morgan fingerprint density at radius 1 is 0.176 bits per heavy atom. The molecule has 2 aliphatic carbocycles. The van der Waals surface area contributed by atoms with Crippen molar-refractivity contribution in [1.82, 2.24) is 0 Å². The molecule has 0 heteroatoms. The van der Waals surface area contributed by atoms with Crippen LogP contribution in [0.3, 0.4) is 0 Å². The molecule has 0 saturated carbocycles. The summed E-state index contributed by atoms with van der Waals surface area (Å²) in [6, 6.07) is 87.3. The molecule has 13 aromatic rings. The molecule has 0 bridgehead atoms. The van der Waals surface area contributed by atoms with Gasteiger partial charge in [0.05, 0.1) is 0 Å². The highest BCUT2D eigenvalue weighted by Crippen LogP contribution is 2.56. The predicted octanol–water partition coefficient (Wildman–Crippen LogP) is 18.4. The molecule has 0 aromatic heterocycles. The molecule has 0 saturated heterocycles. The van der Waals surface area contributed by atoms with Crippen LogP contribution in [0.25, 0.3) is 131 Å². The minimum atomic E-state index is 0.915. The molecular formula is C68H42. The summed E-state index contributed by atoms with van der Waals surface area (Å²) in [7, 11) is 0. The highest BCUT2D eigenvalue weighted by molar-refractivity contribution is 6.34. The monoisotopic (exact) mass is 858 g/mol. The summed E-state index contributed by atoms with van der Waals surface area (Å²) in [5.74, 6) is 0. The van der Waals surface area contributed by atoms with Gasteiger partial charge >= 0.3 is 0 Å². The zero-order chi connectivity index (χ0) is 44.5. The van der Waals surface area contributed by atoms with Crippen LogP contribution >= 0.6 is 0 Å². The predicted molar refractivity (Wildman–Crippen MR) is 290 cm³/mol. The number of rotatable bonds is 4. The number of hydrogen-bond donors (Lipinski definition) is 0. The first kappa shape index (κ1) is 37.6. The zero-order valence-electron chi connectivity index (χ0n) is 37.4. The van der Waals surface area contributed by atoms with Gasteiger partial charge in [-0.3, -0.25) is 0 Å². The maximum atomic E-state index is 2.60. The Balaban J connectivity index is 1.19. The molecule has 0 N–H and O–H groups in total. The van der Waals surface area contributed by atoms with E-state index < -0.39 is 0 Å². The van der Waals surface area contributed by atoms with Gasteiger partial charge < -0.3 is 0 Å². The zero-order valence-corrected chi connectivity index (χ0v) is 37.4. The molecule has 0 amide bonds. The number of hydrogen-bond acceptors (Lipinski definition) is 0. The summed E-state index contributed by atoms with van der Waals surface area (Å²) >= 11 is 0. The Hall–Kier alpha value is -8.58. The van der Waals surface area contributed by atoms with Crippen LogP contribution in [0, 0.1) is 0 Å². The van der Waals surface area contributed by atoms with Gasteiger partial charge in [-0.1, -0.05) is 206 Å². The van der Waals surface area contributed by atoms with E-state index in [2.05, 4.69) is 231 Å². The fourth-order valence-electron chi connectivity index (χ4n) is 12.7. The maximum Gasteiger partial charge on any atom is -0.00132 e. The van der Waals surface area contributed by atoms with Gasteiger partial charge in [0.15, 0.2) is 0 Å². The van der Waals surface area contributed by atoms with E-state index in [1.54, 1.807) is 0 Å². The first-order valence-electron chi connectivity index (χ1n) is 24.0.